The highest BCUT2D eigenvalue weighted by molar-refractivity contribution is 8.26. The van der Waals surface area contributed by atoms with Crippen molar-refractivity contribution in [3.8, 4) is 0 Å². The molecule has 32 heavy (non-hydrogen) atoms. The van der Waals surface area contributed by atoms with Gasteiger partial charge in [-0.1, -0.05) is 59.9 Å². The zero-order valence-corrected chi connectivity index (χ0v) is 20.0. The van der Waals surface area contributed by atoms with Crippen molar-refractivity contribution in [2.75, 3.05) is 5.32 Å². The number of hydrogen-bond acceptors (Lipinski definition) is 6. The first-order valence-corrected chi connectivity index (χ1v) is 11.6. The number of amides is 1. The number of thiocarbonyl (C=S) groups is 1. The van der Waals surface area contributed by atoms with E-state index in [4.69, 9.17) is 17.2 Å². The average molecular weight is 465 g/mol. The topological polar surface area (TPSA) is 66.7 Å². The van der Waals surface area contributed by atoms with E-state index in [9.17, 15) is 9.59 Å². The van der Waals surface area contributed by atoms with Crippen molar-refractivity contribution >= 4 is 51.7 Å². The minimum Gasteiger partial charge on any atom is -0.365 e. The van der Waals surface area contributed by atoms with Gasteiger partial charge in [0, 0.05) is 18.8 Å². The molecule has 0 atom stereocenters. The number of nitrogens with one attached hydrogen (secondary N) is 1. The van der Waals surface area contributed by atoms with Gasteiger partial charge in [0.1, 0.15) is 15.8 Å². The molecule has 0 aliphatic carbocycles. The summed E-state index contributed by atoms with van der Waals surface area (Å²) in [5.41, 5.74) is 3.83. The standard InChI is InChI=1S/C24H24N4O2S2/c1-14(2)28-23(30)19(32-24(28)31)11-18-21(25-12-17-8-5-15(3)6-9-17)26-20-10-7-16(4)13-27(20)22(18)29/h5-11,13-14,25H,12H2,1-4H3. The van der Waals surface area contributed by atoms with E-state index in [1.165, 1.54) is 21.7 Å². The van der Waals surface area contributed by atoms with Crippen molar-refractivity contribution in [1.82, 2.24) is 14.3 Å². The molecule has 4 rings (SSSR count). The van der Waals surface area contributed by atoms with Crippen LogP contribution in [0.3, 0.4) is 0 Å². The summed E-state index contributed by atoms with van der Waals surface area (Å²) in [6.45, 7) is 8.29. The van der Waals surface area contributed by atoms with Gasteiger partial charge in [0.2, 0.25) is 0 Å². The number of fused-ring (bicyclic) bond motifs is 1. The molecule has 0 spiro atoms. The van der Waals surface area contributed by atoms with Crippen LogP contribution < -0.4 is 10.9 Å². The Labute approximate surface area is 196 Å². The molecular weight excluding hydrogens is 440 g/mol. The Hall–Kier alpha value is -2.97. The van der Waals surface area contributed by atoms with Crippen LogP contribution in [0.2, 0.25) is 0 Å². The Morgan fingerprint density at radius 1 is 1.09 bits per heavy atom. The molecule has 6 nitrogen and oxygen atoms in total. The molecule has 1 amide bonds. The van der Waals surface area contributed by atoms with Gasteiger partial charge in [-0.3, -0.25) is 18.9 Å². The van der Waals surface area contributed by atoms with E-state index in [1.54, 1.807) is 17.2 Å². The molecule has 3 heterocycles. The summed E-state index contributed by atoms with van der Waals surface area (Å²) in [5.74, 6) is 0.252. The summed E-state index contributed by atoms with van der Waals surface area (Å²) < 4.78 is 2.01. The first-order valence-electron chi connectivity index (χ1n) is 10.3. The lowest BCUT2D eigenvalue weighted by atomic mass is 10.1. The van der Waals surface area contributed by atoms with Crippen LogP contribution in [-0.2, 0) is 11.3 Å². The van der Waals surface area contributed by atoms with Gasteiger partial charge in [-0.15, -0.1) is 0 Å². The summed E-state index contributed by atoms with van der Waals surface area (Å²) in [5, 5.41) is 3.29. The first kappa shape index (κ1) is 22.2. The van der Waals surface area contributed by atoms with Crippen LogP contribution in [0.15, 0.2) is 52.3 Å². The number of aromatic nitrogens is 2. The molecule has 0 saturated carbocycles. The van der Waals surface area contributed by atoms with Crippen molar-refractivity contribution in [1.29, 1.82) is 0 Å². The van der Waals surface area contributed by atoms with E-state index in [1.807, 2.05) is 64.1 Å². The zero-order valence-electron chi connectivity index (χ0n) is 18.4. The second-order valence-corrected chi connectivity index (χ2v) is 9.77. The van der Waals surface area contributed by atoms with Crippen LogP contribution in [0.4, 0.5) is 5.82 Å². The fraction of sp³-hybridized carbons (Fsp3) is 0.250. The van der Waals surface area contributed by atoms with E-state index in [0.717, 1.165) is 11.1 Å². The van der Waals surface area contributed by atoms with Gasteiger partial charge in [-0.2, -0.15) is 0 Å². The van der Waals surface area contributed by atoms with E-state index < -0.39 is 0 Å². The maximum Gasteiger partial charge on any atom is 0.267 e. The predicted octanol–water partition coefficient (Wildman–Crippen LogP) is 4.53. The van der Waals surface area contributed by atoms with Crippen LogP contribution in [0.1, 0.15) is 36.1 Å². The lowest BCUT2D eigenvalue weighted by Gasteiger charge is -2.18. The Morgan fingerprint density at radius 2 is 1.78 bits per heavy atom. The quantitative estimate of drug-likeness (QED) is 0.442. The summed E-state index contributed by atoms with van der Waals surface area (Å²) >= 11 is 6.60. The number of benzene rings is 1. The smallest absolute Gasteiger partial charge is 0.267 e. The number of rotatable bonds is 5. The molecule has 0 radical (unpaired) electrons. The van der Waals surface area contributed by atoms with Gasteiger partial charge in [0.05, 0.1) is 10.5 Å². The normalized spacial score (nSPS) is 15.4. The second-order valence-electron chi connectivity index (χ2n) is 8.10. The molecule has 1 fully saturated rings. The lowest BCUT2D eigenvalue weighted by Crippen LogP contribution is -2.34. The molecule has 164 valence electrons. The molecule has 1 aliphatic rings. The Kier molecular flexibility index (Phi) is 6.17. The number of nitrogens with zero attached hydrogens (tertiary/aromatic N) is 3. The summed E-state index contributed by atoms with van der Waals surface area (Å²) in [6, 6.07) is 11.8. The molecule has 0 bridgehead atoms. The SMILES string of the molecule is Cc1ccc(CNc2nc3ccc(C)cn3c(=O)c2C=C2SC(=S)N(C(C)C)C2=O)cc1. The molecule has 1 N–H and O–H groups in total. The number of carbonyl (C=O) groups excluding carboxylic acids is 1. The first-order chi connectivity index (χ1) is 15.2. The molecule has 1 saturated heterocycles. The van der Waals surface area contributed by atoms with Crippen molar-refractivity contribution in [3.63, 3.8) is 0 Å². The minimum atomic E-state index is -0.236. The van der Waals surface area contributed by atoms with Crippen molar-refractivity contribution in [3.05, 3.63) is 80.1 Å². The lowest BCUT2D eigenvalue weighted by molar-refractivity contribution is -0.123. The molecular formula is C24H24N4O2S2. The zero-order chi connectivity index (χ0) is 23.0. The van der Waals surface area contributed by atoms with Crippen LogP contribution >= 0.6 is 24.0 Å². The number of pyridine rings is 1. The van der Waals surface area contributed by atoms with Crippen LogP contribution in [0.25, 0.3) is 11.7 Å². The van der Waals surface area contributed by atoms with Gasteiger partial charge >= 0.3 is 0 Å². The van der Waals surface area contributed by atoms with Gasteiger partial charge in [0.15, 0.2) is 0 Å². The van der Waals surface area contributed by atoms with Gasteiger partial charge in [0.25, 0.3) is 11.5 Å². The molecule has 1 aliphatic heterocycles. The highest BCUT2D eigenvalue weighted by Crippen LogP contribution is 2.34. The maximum absolute atomic E-state index is 13.4. The predicted molar refractivity (Wildman–Crippen MR) is 135 cm³/mol. The minimum absolute atomic E-state index is 0.0500. The van der Waals surface area contributed by atoms with Gasteiger partial charge in [-0.25, -0.2) is 4.98 Å². The molecule has 8 heteroatoms. The molecule has 2 aromatic heterocycles. The summed E-state index contributed by atoms with van der Waals surface area (Å²) in [7, 11) is 0. The third-order valence-corrected chi connectivity index (χ3v) is 6.53. The maximum atomic E-state index is 13.4. The third-order valence-electron chi connectivity index (χ3n) is 5.20. The molecule has 0 unspecified atom stereocenters. The second kappa shape index (κ2) is 8.88. The molecule has 3 aromatic rings. The number of thioether (sulfide) groups is 1. The van der Waals surface area contributed by atoms with Crippen molar-refractivity contribution in [2.45, 2.75) is 40.3 Å². The molecule has 1 aromatic carbocycles. The van der Waals surface area contributed by atoms with Crippen LogP contribution in [0, 0.1) is 13.8 Å². The van der Waals surface area contributed by atoms with E-state index in [0.29, 0.717) is 32.8 Å². The number of hydrogen-bond donors (Lipinski definition) is 1. The largest absolute Gasteiger partial charge is 0.365 e. The van der Waals surface area contributed by atoms with Crippen molar-refractivity contribution < 1.29 is 4.79 Å². The Morgan fingerprint density at radius 3 is 2.44 bits per heavy atom. The van der Waals surface area contributed by atoms with Crippen LogP contribution in [0.5, 0.6) is 0 Å². The van der Waals surface area contributed by atoms with Crippen molar-refractivity contribution in [2.24, 2.45) is 0 Å². The number of carbonyl (C=O) groups is 1. The van der Waals surface area contributed by atoms with E-state index in [2.05, 4.69) is 5.32 Å². The Bertz CT molecular complexity index is 1310. The number of aryl methyl sites for hydroxylation is 2. The van der Waals surface area contributed by atoms with E-state index in [-0.39, 0.29) is 17.5 Å². The summed E-state index contributed by atoms with van der Waals surface area (Å²) in [6.07, 6.45) is 3.37. The number of anilines is 1. The Balaban J connectivity index is 1.80. The van der Waals surface area contributed by atoms with Crippen LogP contribution in [-0.4, -0.2) is 30.6 Å². The highest BCUT2D eigenvalue weighted by atomic mass is 32.2. The fourth-order valence-electron chi connectivity index (χ4n) is 3.47. The third kappa shape index (κ3) is 4.33. The summed E-state index contributed by atoms with van der Waals surface area (Å²) in [4.78, 5) is 33.0. The van der Waals surface area contributed by atoms with E-state index >= 15 is 0 Å². The van der Waals surface area contributed by atoms with Gasteiger partial charge in [-0.05, 0) is 51.0 Å². The average Bonchev–Trinajstić information content (AvgIpc) is 3.03. The van der Waals surface area contributed by atoms with Gasteiger partial charge < -0.3 is 5.32 Å². The fourth-order valence-corrected chi connectivity index (χ4v) is 4.98. The highest BCUT2D eigenvalue weighted by Gasteiger charge is 2.34. The monoisotopic (exact) mass is 464 g/mol.